The van der Waals surface area contributed by atoms with E-state index in [2.05, 4.69) is 23.5 Å². The molecule has 3 aromatic rings. The molecule has 10 heteroatoms. The van der Waals surface area contributed by atoms with Gasteiger partial charge in [-0.25, -0.2) is 0 Å². The van der Waals surface area contributed by atoms with E-state index >= 15 is 0 Å². The second-order valence-electron chi connectivity index (χ2n) is 8.77. The van der Waals surface area contributed by atoms with Crippen molar-refractivity contribution in [1.82, 2.24) is 9.69 Å². The van der Waals surface area contributed by atoms with Gasteiger partial charge in [-0.05, 0) is 48.5 Å². The number of nitrogens with zero attached hydrogens (tertiary/aromatic N) is 2. The van der Waals surface area contributed by atoms with Gasteiger partial charge < -0.3 is 21.5 Å². The normalized spacial score (nSPS) is 11.7. The van der Waals surface area contributed by atoms with Gasteiger partial charge in [0.15, 0.2) is 5.69 Å². The number of methoxy groups -OCH3 is 1. The number of aryl methyl sites for hydroxylation is 1. The Hall–Kier alpha value is -3.92. The molecule has 1 heterocycles. The Kier molecular flexibility index (Phi) is 8.65. The van der Waals surface area contributed by atoms with Crippen LogP contribution in [0.15, 0.2) is 48.5 Å². The minimum Gasteiger partial charge on any atom is -0.495 e. The Balaban J connectivity index is 2.20. The summed E-state index contributed by atoms with van der Waals surface area (Å²) in [7, 11) is 1.48. The van der Waals surface area contributed by atoms with Crippen LogP contribution in [0, 0.1) is 12.8 Å². The number of nitrogens with one attached hydrogen (secondary N) is 1. The van der Waals surface area contributed by atoms with Gasteiger partial charge in [-0.15, -0.1) is 0 Å². The van der Waals surface area contributed by atoms with Crippen LogP contribution in [0.4, 0.5) is 11.4 Å². The zero-order valence-corrected chi connectivity index (χ0v) is 21.6. The van der Waals surface area contributed by atoms with Crippen molar-refractivity contribution in [1.29, 1.82) is 0 Å². The third kappa shape index (κ3) is 5.83. The summed E-state index contributed by atoms with van der Waals surface area (Å²) in [6.45, 7) is 6.52. The lowest BCUT2D eigenvalue weighted by Crippen LogP contribution is -2.44. The third-order valence-corrected chi connectivity index (χ3v) is 6.49. The fourth-order valence-corrected chi connectivity index (χ4v) is 4.42. The summed E-state index contributed by atoms with van der Waals surface area (Å²) in [5.41, 5.74) is 13.1. The number of anilines is 2. The van der Waals surface area contributed by atoms with Crippen LogP contribution >= 0.6 is 11.5 Å². The number of amides is 3. The minimum atomic E-state index is -1.06. The second kappa shape index (κ2) is 11.7. The minimum absolute atomic E-state index is 0.00167. The number of carbonyl (C=O) groups is 3. The fraction of sp³-hybridized carbons (Fsp3) is 0.308. The van der Waals surface area contributed by atoms with E-state index in [4.69, 9.17) is 16.2 Å². The van der Waals surface area contributed by atoms with E-state index in [0.29, 0.717) is 29.5 Å². The average Bonchev–Trinajstić information content (AvgIpc) is 3.24. The lowest BCUT2D eigenvalue weighted by atomic mass is 10.0. The first-order chi connectivity index (χ1) is 17.1. The zero-order valence-electron chi connectivity index (χ0n) is 20.8. The van der Waals surface area contributed by atoms with Crippen LogP contribution in [-0.2, 0) is 4.79 Å². The number of hydrogen-bond donors (Lipinski definition) is 3. The molecule has 0 aliphatic carbocycles. The van der Waals surface area contributed by atoms with E-state index in [9.17, 15) is 14.4 Å². The first kappa shape index (κ1) is 26.7. The third-order valence-electron chi connectivity index (χ3n) is 5.64. The van der Waals surface area contributed by atoms with Crippen LogP contribution in [0.3, 0.4) is 0 Å². The molecule has 0 fully saturated rings. The van der Waals surface area contributed by atoms with Crippen molar-refractivity contribution in [2.75, 3.05) is 24.3 Å². The number of primary amides is 1. The highest BCUT2D eigenvalue weighted by Gasteiger charge is 2.37. The molecule has 190 valence electrons. The Bertz CT molecular complexity index is 1240. The Morgan fingerprint density at radius 1 is 1.11 bits per heavy atom. The van der Waals surface area contributed by atoms with Crippen LogP contribution in [0.2, 0.25) is 0 Å². The number of benzene rings is 2. The Labute approximate surface area is 214 Å². The molecule has 0 radical (unpaired) electrons. The fourth-order valence-electron chi connectivity index (χ4n) is 3.68. The SMILES string of the molecule is COc1ccccc1N(C(=O)c1snc(C(N)=O)c1N)C(C(=O)NCCC(C)C)c1ccc(C)cc1. The van der Waals surface area contributed by atoms with Crippen molar-refractivity contribution in [2.24, 2.45) is 11.7 Å². The molecule has 5 N–H and O–H groups in total. The van der Waals surface area contributed by atoms with Gasteiger partial charge in [-0.2, -0.15) is 4.37 Å². The largest absolute Gasteiger partial charge is 0.495 e. The number of nitrogens with two attached hydrogens (primary N) is 2. The molecule has 1 unspecified atom stereocenters. The van der Waals surface area contributed by atoms with Crippen molar-refractivity contribution in [3.63, 3.8) is 0 Å². The van der Waals surface area contributed by atoms with E-state index in [1.54, 1.807) is 24.3 Å². The molecule has 0 aliphatic rings. The van der Waals surface area contributed by atoms with Crippen molar-refractivity contribution in [3.05, 3.63) is 70.2 Å². The molecule has 9 nitrogen and oxygen atoms in total. The number of para-hydroxylation sites is 2. The smallest absolute Gasteiger partial charge is 0.273 e. The monoisotopic (exact) mass is 509 g/mol. The summed E-state index contributed by atoms with van der Waals surface area (Å²) in [5, 5.41) is 2.97. The van der Waals surface area contributed by atoms with Crippen molar-refractivity contribution in [2.45, 2.75) is 33.2 Å². The molecular weight excluding hydrogens is 478 g/mol. The summed E-state index contributed by atoms with van der Waals surface area (Å²) in [5.74, 6) is -1.04. The average molecular weight is 510 g/mol. The molecule has 3 amide bonds. The van der Waals surface area contributed by atoms with Crippen LogP contribution in [0.1, 0.15) is 57.6 Å². The van der Waals surface area contributed by atoms with E-state index in [1.807, 2.05) is 31.2 Å². The van der Waals surface area contributed by atoms with Crippen molar-refractivity contribution >= 4 is 40.6 Å². The van der Waals surface area contributed by atoms with Gasteiger partial charge in [0.05, 0.1) is 18.5 Å². The maximum Gasteiger partial charge on any atom is 0.273 e. The molecule has 2 aromatic carbocycles. The number of rotatable bonds is 10. The second-order valence-corrected chi connectivity index (χ2v) is 9.55. The quantitative estimate of drug-likeness (QED) is 0.381. The highest BCUT2D eigenvalue weighted by Crippen LogP contribution is 2.38. The summed E-state index contributed by atoms with van der Waals surface area (Å²) >= 11 is 0.758. The highest BCUT2D eigenvalue weighted by atomic mass is 32.1. The van der Waals surface area contributed by atoms with Gasteiger partial charge in [0.1, 0.15) is 16.7 Å². The number of hydrogen-bond acceptors (Lipinski definition) is 7. The molecule has 1 aromatic heterocycles. The van der Waals surface area contributed by atoms with E-state index in [-0.39, 0.29) is 22.2 Å². The molecule has 1 atom stereocenters. The number of nitrogen functional groups attached to an aromatic ring is 1. The standard InChI is InChI=1S/C26H31N5O4S/c1-15(2)13-14-29-25(33)22(17-11-9-16(3)10-12-17)31(18-7-5-6-8-19(18)35-4)26(34)23-20(27)21(24(28)32)30-36-23/h5-12,15,22H,13-14,27H2,1-4H3,(H2,28,32)(H,29,33). The molecule has 0 bridgehead atoms. The first-order valence-corrected chi connectivity index (χ1v) is 12.3. The van der Waals surface area contributed by atoms with Crippen molar-refractivity contribution in [3.8, 4) is 5.75 Å². The van der Waals surface area contributed by atoms with Crippen LogP contribution < -0.4 is 26.4 Å². The number of ether oxygens (including phenoxy) is 1. The summed E-state index contributed by atoms with van der Waals surface area (Å²) < 4.78 is 9.52. The van der Waals surface area contributed by atoms with Crippen LogP contribution in [-0.4, -0.2) is 35.7 Å². The topological polar surface area (TPSA) is 141 Å². The molecule has 0 saturated heterocycles. The molecule has 0 spiro atoms. The summed E-state index contributed by atoms with van der Waals surface area (Å²) in [4.78, 5) is 40.8. The first-order valence-electron chi connectivity index (χ1n) is 11.5. The van der Waals surface area contributed by atoms with E-state index < -0.39 is 17.9 Å². The van der Waals surface area contributed by atoms with Gasteiger partial charge in [0, 0.05) is 6.54 Å². The maximum absolute atomic E-state index is 14.1. The number of aromatic nitrogens is 1. The van der Waals surface area contributed by atoms with Gasteiger partial charge in [-0.1, -0.05) is 55.8 Å². The zero-order chi connectivity index (χ0) is 26.4. The molecule has 36 heavy (non-hydrogen) atoms. The Morgan fingerprint density at radius 3 is 2.36 bits per heavy atom. The molecular formula is C26H31N5O4S. The molecule has 0 aliphatic heterocycles. The summed E-state index contributed by atoms with van der Waals surface area (Å²) in [6, 6.07) is 13.2. The van der Waals surface area contributed by atoms with Gasteiger partial charge >= 0.3 is 0 Å². The molecule has 3 rings (SSSR count). The number of carbonyl (C=O) groups excluding carboxylic acids is 3. The van der Waals surface area contributed by atoms with Crippen molar-refractivity contribution < 1.29 is 19.1 Å². The lowest BCUT2D eigenvalue weighted by molar-refractivity contribution is -0.122. The Morgan fingerprint density at radius 2 is 1.78 bits per heavy atom. The predicted molar refractivity (Wildman–Crippen MR) is 141 cm³/mol. The highest BCUT2D eigenvalue weighted by molar-refractivity contribution is 7.09. The van der Waals surface area contributed by atoms with Gasteiger partial charge in [0.2, 0.25) is 5.91 Å². The summed E-state index contributed by atoms with van der Waals surface area (Å²) in [6.07, 6.45) is 0.777. The molecule has 0 saturated carbocycles. The van der Waals surface area contributed by atoms with Crippen LogP contribution in [0.25, 0.3) is 0 Å². The predicted octanol–water partition coefficient (Wildman–Crippen LogP) is 3.69. The van der Waals surface area contributed by atoms with Gasteiger partial charge in [-0.3, -0.25) is 19.3 Å². The van der Waals surface area contributed by atoms with E-state index in [0.717, 1.165) is 23.5 Å². The maximum atomic E-state index is 14.1. The lowest BCUT2D eigenvalue weighted by Gasteiger charge is -2.32. The van der Waals surface area contributed by atoms with Gasteiger partial charge in [0.25, 0.3) is 11.8 Å². The van der Waals surface area contributed by atoms with Crippen LogP contribution in [0.5, 0.6) is 5.75 Å². The van der Waals surface area contributed by atoms with E-state index in [1.165, 1.54) is 12.0 Å².